The van der Waals surface area contributed by atoms with Crippen molar-refractivity contribution < 1.29 is 31.1 Å². The number of aromatic hydroxyl groups is 1. The standard InChI is InChI=1S/C13H6Cl2F4O3S/c14-8-3-6(12-9(15)4-7(20)5-10(12)16)1-2-11(8)23(21,22)13(17,18)19/h1-5,20H. The Morgan fingerprint density at radius 1 is 1.00 bits per heavy atom. The molecule has 0 amide bonds. The number of sulfone groups is 1. The third-order valence-electron chi connectivity index (χ3n) is 2.84. The summed E-state index contributed by atoms with van der Waals surface area (Å²) in [5.41, 5.74) is -5.79. The molecule has 0 aliphatic rings. The molecular weight excluding hydrogens is 383 g/mol. The van der Waals surface area contributed by atoms with Crippen molar-refractivity contribution >= 4 is 33.0 Å². The zero-order valence-corrected chi connectivity index (χ0v) is 13.2. The number of rotatable bonds is 2. The topological polar surface area (TPSA) is 54.4 Å². The molecule has 0 heterocycles. The minimum atomic E-state index is -5.63. The van der Waals surface area contributed by atoms with Gasteiger partial charge in [0.15, 0.2) is 0 Å². The highest BCUT2D eigenvalue weighted by Crippen LogP contribution is 2.39. The molecule has 23 heavy (non-hydrogen) atoms. The predicted molar refractivity (Wildman–Crippen MR) is 76.8 cm³/mol. The molecule has 0 saturated heterocycles. The van der Waals surface area contributed by atoms with Crippen LogP contribution in [0.2, 0.25) is 10.0 Å². The maximum absolute atomic E-state index is 13.9. The van der Waals surface area contributed by atoms with Gasteiger partial charge in [-0.3, -0.25) is 0 Å². The summed E-state index contributed by atoms with van der Waals surface area (Å²) in [6, 6.07) is 4.17. The fourth-order valence-electron chi connectivity index (χ4n) is 1.83. The Kier molecular flexibility index (Phi) is 4.53. The van der Waals surface area contributed by atoms with Gasteiger partial charge in [0.25, 0.3) is 9.84 Å². The number of hydrogen-bond donors (Lipinski definition) is 1. The van der Waals surface area contributed by atoms with Crippen LogP contribution in [0.3, 0.4) is 0 Å². The van der Waals surface area contributed by atoms with E-state index in [1.165, 1.54) is 0 Å². The molecule has 0 aliphatic heterocycles. The largest absolute Gasteiger partial charge is 0.508 e. The quantitative estimate of drug-likeness (QED) is 0.751. The zero-order valence-electron chi connectivity index (χ0n) is 10.8. The number of alkyl halides is 3. The molecule has 0 fully saturated rings. The second kappa shape index (κ2) is 5.85. The van der Waals surface area contributed by atoms with Gasteiger partial charge in [-0.15, -0.1) is 0 Å². The van der Waals surface area contributed by atoms with Crippen LogP contribution in [0.1, 0.15) is 0 Å². The van der Waals surface area contributed by atoms with Crippen LogP contribution in [-0.2, 0) is 9.84 Å². The van der Waals surface area contributed by atoms with Crippen LogP contribution >= 0.6 is 23.2 Å². The molecule has 0 radical (unpaired) electrons. The van der Waals surface area contributed by atoms with Gasteiger partial charge < -0.3 is 5.11 Å². The Morgan fingerprint density at radius 3 is 2.09 bits per heavy atom. The van der Waals surface area contributed by atoms with Crippen molar-refractivity contribution in [2.45, 2.75) is 10.4 Å². The third kappa shape index (κ3) is 3.24. The van der Waals surface area contributed by atoms with Crippen LogP contribution in [0.5, 0.6) is 5.75 Å². The van der Waals surface area contributed by atoms with E-state index in [-0.39, 0.29) is 16.1 Å². The fourth-order valence-corrected chi connectivity index (χ4v) is 3.44. The molecule has 0 aromatic heterocycles. The van der Waals surface area contributed by atoms with E-state index in [0.29, 0.717) is 6.07 Å². The van der Waals surface area contributed by atoms with Gasteiger partial charge in [-0.2, -0.15) is 13.2 Å². The van der Waals surface area contributed by atoms with E-state index < -0.39 is 36.8 Å². The summed E-state index contributed by atoms with van der Waals surface area (Å²) in [5, 5.41) is 8.25. The Morgan fingerprint density at radius 2 is 1.61 bits per heavy atom. The van der Waals surface area contributed by atoms with Crippen molar-refractivity contribution in [3.05, 3.63) is 46.2 Å². The van der Waals surface area contributed by atoms with Crippen LogP contribution in [0, 0.1) is 5.82 Å². The lowest BCUT2D eigenvalue weighted by molar-refractivity contribution is -0.0436. The number of hydrogen-bond acceptors (Lipinski definition) is 3. The minimum absolute atomic E-state index is 0.0429. The lowest BCUT2D eigenvalue weighted by atomic mass is 10.0. The molecule has 0 saturated carbocycles. The highest BCUT2D eigenvalue weighted by Gasteiger charge is 2.47. The second-order valence-electron chi connectivity index (χ2n) is 4.38. The number of phenols is 1. The van der Waals surface area contributed by atoms with Gasteiger partial charge in [-0.1, -0.05) is 29.3 Å². The summed E-state index contributed by atoms with van der Waals surface area (Å²) in [5.74, 6) is -1.39. The van der Waals surface area contributed by atoms with Crippen LogP contribution in [0.4, 0.5) is 17.6 Å². The van der Waals surface area contributed by atoms with Crippen LogP contribution in [0.15, 0.2) is 35.2 Å². The molecule has 3 nitrogen and oxygen atoms in total. The number of phenolic OH excluding ortho intramolecular Hbond substituents is 1. The molecule has 0 aliphatic carbocycles. The fraction of sp³-hybridized carbons (Fsp3) is 0.0769. The molecule has 0 unspecified atom stereocenters. The van der Waals surface area contributed by atoms with Gasteiger partial charge in [0, 0.05) is 11.6 Å². The van der Waals surface area contributed by atoms with Crippen molar-refractivity contribution in [3.8, 4) is 16.9 Å². The van der Waals surface area contributed by atoms with Crippen LogP contribution in [0.25, 0.3) is 11.1 Å². The average Bonchev–Trinajstić information content (AvgIpc) is 2.35. The van der Waals surface area contributed by atoms with E-state index in [9.17, 15) is 31.1 Å². The molecule has 0 bridgehead atoms. The molecule has 0 atom stereocenters. The first-order chi connectivity index (χ1) is 10.4. The first-order valence-electron chi connectivity index (χ1n) is 5.74. The van der Waals surface area contributed by atoms with Crippen molar-refractivity contribution in [1.82, 2.24) is 0 Å². The number of halogens is 6. The predicted octanol–water partition coefficient (Wildman–Crippen LogP) is 4.80. The van der Waals surface area contributed by atoms with E-state index in [4.69, 9.17) is 23.2 Å². The smallest absolute Gasteiger partial charge is 0.501 e. The summed E-state index contributed by atoms with van der Waals surface area (Å²) in [4.78, 5) is -1.15. The van der Waals surface area contributed by atoms with E-state index in [1.54, 1.807) is 0 Å². The molecule has 2 rings (SSSR count). The molecule has 2 aromatic rings. The Labute approximate surface area is 138 Å². The van der Waals surface area contributed by atoms with Crippen LogP contribution < -0.4 is 0 Å². The molecule has 0 spiro atoms. The Hall–Kier alpha value is -1.51. The lowest BCUT2D eigenvalue weighted by Gasteiger charge is -2.12. The average molecular weight is 389 g/mol. The summed E-state index contributed by atoms with van der Waals surface area (Å²) in [6.45, 7) is 0. The second-order valence-corrected chi connectivity index (χ2v) is 7.10. The van der Waals surface area contributed by atoms with Gasteiger partial charge in [0.2, 0.25) is 0 Å². The zero-order chi connectivity index (χ0) is 17.6. The molecule has 10 heteroatoms. The van der Waals surface area contributed by atoms with Gasteiger partial charge in [0.05, 0.1) is 14.9 Å². The molecule has 124 valence electrons. The van der Waals surface area contributed by atoms with Crippen molar-refractivity contribution in [3.63, 3.8) is 0 Å². The molecule has 2 aromatic carbocycles. The Bertz CT molecular complexity index is 856. The molecular formula is C13H6Cl2F4O3S. The summed E-state index contributed by atoms with van der Waals surface area (Å²) >= 11 is 11.4. The van der Waals surface area contributed by atoms with Crippen molar-refractivity contribution in [2.75, 3.05) is 0 Å². The van der Waals surface area contributed by atoms with Crippen molar-refractivity contribution in [2.24, 2.45) is 0 Å². The van der Waals surface area contributed by atoms with Gasteiger partial charge in [-0.25, -0.2) is 12.8 Å². The summed E-state index contributed by atoms with van der Waals surface area (Å²) in [7, 11) is -5.63. The van der Waals surface area contributed by atoms with E-state index >= 15 is 0 Å². The first-order valence-corrected chi connectivity index (χ1v) is 7.98. The van der Waals surface area contributed by atoms with Crippen molar-refractivity contribution in [1.29, 1.82) is 0 Å². The third-order valence-corrected chi connectivity index (χ3v) is 5.11. The minimum Gasteiger partial charge on any atom is -0.508 e. The maximum atomic E-state index is 13.9. The first kappa shape index (κ1) is 17.8. The SMILES string of the molecule is O=S(=O)(c1ccc(-c2c(F)cc(O)cc2Cl)cc1Cl)C(F)(F)F. The highest BCUT2D eigenvalue weighted by molar-refractivity contribution is 7.92. The van der Waals surface area contributed by atoms with E-state index in [2.05, 4.69) is 0 Å². The number of benzene rings is 2. The Balaban J connectivity index is 2.63. The molecule has 1 N–H and O–H groups in total. The van der Waals surface area contributed by atoms with E-state index in [1.807, 2.05) is 0 Å². The van der Waals surface area contributed by atoms with Gasteiger partial charge in [-0.05, 0) is 23.8 Å². The highest BCUT2D eigenvalue weighted by atomic mass is 35.5. The maximum Gasteiger partial charge on any atom is 0.501 e. The normalized spacial score (nSPS) is 12.4. The monoisotopic (exact) mass is 388 g/mol. The summed E-state index contributed by atoms with van der Waals surface area (Å²) in [6.07, 6.45) is 0. The van der Waals surface area contributed by atoms with Gasteiger partial charge in [0.1, 0.15) is 11.6 Å². The van der Waals surface area contributed by atoms with Gasteiger partial charge >= 0.3 is 5.51 Å². The lowest BCUT2D eigenvalue weighted by Crippen LogP contribution is -2.23. The summed E-state index contributed by atoms with van der Waals surface area (Å²) < 4.78 is 74.2. The van der Waals surface area contributed by atoms with Crippen LogP contribution in [-0.4, -0.2) is 19.0 Å². The van der Waals surface area contributed by atoms with E-state index in [0.717, 1.165) is 24.3 Å².